The van der Waals surface area contributed by atoms with E-state index in [1.165, 1.54) is 26.7 Å². The van der Waals surface area contributed by atoms with Crippen LogP contribution in [0.3, 0.4) is 0 Å². The van der Waals surface area contributed by atoms with Crippen molar-refractivity contribution in [3.63, 3.8) is 0 Å². The molecule has 1 aliphatic carbocycles. The molecular formula is C13H19N3O3. The van der Waals surface area contributed by atoms with Gasteiger partial charge in [0.05, 0.1) is 6.04 Å². The molecule has 0 aliphatic heterocycles. The van der Waals surface area contributed by atoms with Gasteiger partial charge in [-0.3, -0.25) is 9.48 Å². The van der Waals surface area contributed by atoms with Crippen LogP contribution in [0.25, 0.3) is 0 Å². The second-order valence-electron chi connectivity index (χ2n) is 5.50. The van der Waals surface area contributed by atoms with Crippen molar-refractivity contribution in [2.45, 2.75) is 51.1 Å². The summed E-state index contributed by atoms with van der Waals surface area (Å²) in [7, 11) is 0. The minimum atomic E-state index is -1.30. The van der Waals surface area contributed by atoms with Crippen LogP contribution in [-0.4, -0.2) is 32.3 Å². The van der Waals surface area contributed by atoms with E-state index in [0.29, 0.717) is 6.04 Å². The van der Waals surface area contributed by atoms with Gasteiger partial charge >= 0.3 is 5.97 Å². The zero-order valence-electron chi connectivity index (χ0n) is 11.2. The van der Waals surface area contributed by atoms with Gasteiger partial charge in [0.25, 0.3) is 5.91 Å². The summed E-state index contributed by atoms with van der Waals surface area (Å²) in [6, 6.07) is 2.00. The molecule has 6 heteroatoms. The van der Waals surface area contributed by atoms with Crippen LogP contribution < -0.4 is 5.32 Å². The van der Waals surface area contributed by atoms with E-state index in [1.54, 1.807) is 12.3 Å². The van der Waals surface area contributed by atoms with Gasteiger partial charge in [0.15, 0.2) is 0 Å². The summed E-state index contributed by atoms with van der Waals surface area (Å²) in [5.74, 6) is -1.53. The summed E-state index contributed by atoms with van der Waals surface area (Å²) in [5.41, 5.74) is -1.03. The van der Waals surface area contributed by atoms with E-state index in [0.717, 1.165) is 12.8 Å². The molecule has 1 saturated carbocycles. The van der Waals surface area contributed by atoms with Gasteiger partial charge in [-0.05, 0) is 32.8 Å². The highest BCUT2D eigenvalue weighted by molar-refractivity contribution is 5.96. The van der Waals surface area contributed by atoms with Crippen LogP contribution in [0.4, 0.5) is 0 Å². The Bertz CT molecular complexity index is 487. The van der Waals surface area contributed by atoms with Crippen LogP contribution >= 0.6 is 0 Å². The lowest BCUT2D eigenvalue weighted by molar-refractivity contribution is -0.143. The minimum Gasteiger partial charge on any atom is -0.480 e. The fraction of sp³-hybridized carbons (Fsp3) is 0.615. The average molecular weight is 265 g/mol. The largest absolute Gasteiger partial charge is 0.480 e. The summed E-state index contributed by atoms with van der Waals surface area (Å²) >= 11 is 0. The zero-order valence-corrected chi connectivity index (χ0v) is 11.2. The normalized spacial score (nSPS) is 16.5. The van der Waals surface area contributed by atoms with E-state index in [4.69, 9.17) is 5.11 Å². The molecule has 1 aromatic rings. The first-order valence-electron chi connectivity index (χ1n) is 6.51. The minimum absolute atomic E-state index is 0.265. The molecule has 1 aliphatic rings. The van der Waals surface area contributed by atoms with Crippen molar-refractivity contribution in [2.75, 3.05) is 0 Å². The van der Waals surface area contributed by atoms with Crippen molar-refractivity contribution in [1.29, 1.82) is 0 Å². The Hall–Kier alpha value is -1.85. The Kier molecular flexibility index (Phi) is 3.59. The van der Waals surface area contributed by atoms with E-state index in [-0.39, 0.29) is 5.69 Å². The zero-order chi connectivity index (χ0) is 14.0. The van der Waals surface area contributed by atoms with Crippen molar-refractivity contribution < 1.29 is 14.7 Å². The van der Waals surface area contributed by atoms with Crippen LogP contribution in [0.15, 0.2) is 12.3 Å². The van der Waals surface area contributed by atoms with Crippen molar-refractivity contribution in [1.82, 2.24) is 15.1 Å². The smallest absolute Gasteiger partial charge is 0.328 e. The molecular weight excluding hydrogens is 246 g/mol. The summed E-state index contributed by atoms with van der Waals surface area (Å²) in [5, 5.41) is 15.7. The number of aliphatic carboxylic acids is 1. The molecule has 1 amide bonds. The lowest BCUT2D eigenvalue weighted by atomic mass is 10.1. The number of hydrogen-bond acceptors (Lipinski definition) is 3. The molecule has 6 nitrogen and oxygen atoms in total. The number of hydrogen-bond donors (Lipinski definition) is 2. The highest BCUT2D eigenvalue weighted by Crippen LogP contribution is 2.28. The third-order valence-electron chi connectivity index (χ3n) is 3.50. The lowest BCUT2D eigenvalue weighted by Gasteiger charge is -2.20. The van der Waals surface area contributed by atoms with Gasteiger partial charge in [-0.25, -0.2) is 4.79 Å². The van der Waals surface area contributed by atoms with Crippen molar-refractivity contribution >= 4 is 11.9 Å². The number of carboxylic acid groups (broad SMARTS) is 1. The highest BCUT2D eigenvalue weighted by atomic mass is 16.4. The van der Waals surface area contributed by atoms with Crippen molar-refractivity contribution in [2.24, 2.45) is 0 Å². The van der Waals surface area contributed by atoms with E-state index >= 15 is 0 Å². The molecule has 0 spiro atoms. The molecule has 1 heterocycles. The van der Waals surface area contributed by atoms with Gasteiger partial charge in [0.1, 0.15) is 11.2 Å². The van der Waals surface area contributed by atoms with Crippen molar-refractivity contribution in [3.05, 3.63) is 18.0 Å². The predicted octanol–water partition coefficient (Wildman–Crippen LogP) is 1.59. The number of nitrogens with zero attached hydrogens (tertiary/aromatic N) is 2. The molecule has 1 aromatic heterocycles. The van der Waals surface area contributed by atoms with E-state index in [2.05, 4.69) is 10.4 Å². The Labute approximate surface area is 111 Å². The summed E-state index contributed by atoms with van der Waals surface area (Å²) in [6.45, 7) is 2.89. The molecule has 2 rings (SSSR count). The number of carboxylic acids is 1. The first-order valence-corrected chi connectivity index (χ1v) is 6.51. The van der Waals surface area contributed by atoms with Crippen molar-refractivity contribution in [3.8, 4) is 0 Å². The number of aromatic nitrogens is 2. The van der Waals surface area contributed by atoms with Crippen LogP contribution in [0.5, 0.6) is 0 Å². The first-order chi connectivity index (χ1) is 8.90. The van der Waals surface area contributed by atoms with Gasteiger partial charge in [0.2, 0.25) is 0 Å². The Balaban J connectivity index is 2.06. The average Bonchev–Trinajstić information content (AvgIpc) is 2.99. The van der Waals surface area contributed by atoms with Gasteiger partial charge in [0, 0.05) is 6.20 Å². The molecule has 1 fully saturated rings. The Morgan fingerprint density at radius 1 is 1.42 bits per heavy atom. The van der Waals surface area contributed by atoms with E-state index < -0.39 is 17.4 Å². The van der Waals surface area contributed by atoms with Gasteiger partial charge < -0.3 is 10.4 Å². The second kappa shape index (κ2) is 5.03. The van der Waals surface area contributed by atoms with Gasteiger partial charge in [-0.1, -0.05) is 12.8 Å². The highest BCUT2D eigenvalue weighted by Gasteiger charge is 2.30. The topological polar surface area (TPSA) is 84.2 Å². The molecule has 0 aromatic carbocycles. The Morgan fingerprint density at radius 2 is 2.05 bits per heavy atom. The van der Waals surface area contributed by atoms with Crippen LogP contribution in [-0.2, 0) is 4.79 Å². The lowest BCUT2D eigenvalue weighted by Crippen LogP contribution is -2.49. The first kappa shape index (κ1) is 13.6. The number of carbonyl (C=O) groups is 2. The number of amides is 1. The maximum absolute atomic E-state index is 11.9. The number of carbonyl (C=O) groups excluding carboxylic acids is 1. The van der Waals surface area contributed by atoms with Crippen LogP contribution in [0.1, 0.15) is 56.1 Å². The summed E-state index contributed by atoms with van der Waals surface area (Å²) < 4.78 is 1.82. The van der Waals surface area contributed by atoms with E-state index in [9.17, 15) is 9.59 Å². The van der Waals surface area contributed by atoms with Crippen LogP contribution in [0, 0.1) is 0 Å². The standard InChI is InChI=1S/C13H19N3O3/c1-13(2,12(18)19)14-11(17)10-7-8-16(15-10)9-5-3-4-6-9/h7-9H,3-6H2,1-2H3,(H,14,17)(H,18,19). The fourth-order valence-electron chi connectivity index (χ4n) is 2.23. The molecule has 2 N–H and O–H groups in total. The summed E-state index contributed by atoms with van der Waals surface area (Å²) in [4.78, 5) is 22.9. The quantitative estimate of drug-likeness (QED) is 0.865. The molecule has 0 bridgehead atoms. The molecule has 19 heavy (non-hydrogen) atoms. The van der Waals surface area contributed by atoms with Gasteiger partial charge in [-0.15, -0.1) is 0 Å². The third kappa shape index (κ3) is 2.94. The third-order valence-corrected chi connectivity index (χ3v) is 3.50. The molecule has 0 unspecified atom stereocenters. The molecule has 0 saturated heterocycles. The molecule has 104 valence electrons. The fourth-order valence-corrected chi connectivity index (χ4v) is 2.23. The van der Waals surface area contributed by atoms with Crippen LogP contribution in [0.2, 0.25) is 0 Å². The number of rotatable bonds is 4. The number of nitrogens with one attached hydrogen (secondary N) is 1. The molecule has 0 atom stereocenters. The Morgan fingerprint density at radius 3 is 2.63 bits per heavy atom. The van der Waals surface area contributed by atoms with E-state index in [1.807, 2.05) is 4.68 Å². The maximum atomic E-state index is 11.9. The second-order valence-corrected chi connectivity index (χ2v) is 5.50. The summed E-state index contributed by atoms with van der Waals surface area (Å²) in [6.07, 6.45) is 6.35. The predicted molar refractivity (Wildman–Crippen MR) is 68.9 cm³/mol. The maximum Gasteiger partial charge on any atom is 0.328 e. The monoisotopic (exact) mass is 265 g/mol. The molecule has 0 radical (unpaired) electrons. The SMILES string of the molecule is CC(C)(NC(=O)c1ccn(C2CCCC2)n1)C(=O)O. The van der Waals surface area contributed by atoms with Gasteiger partial charge in [-0.2, -0.15) is 5.10 Å².